The van der Waals surface area contributed by atoms with Crippen molar-refractivity contribution in [2.24, 2.45) is 5.92 Å². The third-order valence-electron chi connectivity index (χ3n) is 3.67. The van der Waals surface area contributed by atoms with Crippen molar-refractivity contribution < 1.29 is 19.4 Å². The predicted molar refractivity (Wildman–Crippen MR) is 79.5 cm³/mol. The number of halogens is 1. The van der Waals surface area contributed by atoms with E-state index in [1.165, 1.54) is 0 Å². The lowest BCUT2D eigenvalue weighted by atomic mass is 9.95. The maximum absolute atomic E-state index is 12.4. The van der Waals surface area contributed by atoms with Gasteiger partial charge in [0.05, 0.1) is 18.4 Å². The third-order valence-corrected chi connectivity index (χ3v) is 4.08. The summed E-state index contributed by atoms with van der Waals surface area (Å²) in [6.45, 7) is 2.38. The summed E-state index contributed by atoms with van der Waals surface area (Å²) < 4.78 is 5.48. The molecule has 1 aliphatic rings. The van der Waals surface area contributed by atoms with Gasteiger partial charge in [0.2, 0.25) is 5.91 Å². The van der Waals surface area contributed by atoms with E-state index in [1.807, 2.05) is 0 Å². The Morgan fingerprint density at radius 2 is 2.29 bits per heavy atom. The van der Waals surface area contributed by atoms with Gasteiger partial charge in [-0.25, -0.2) is 0 Å². The molecule has 0 aromatic heterocycles. The molecule has 1 heterocycles. The molecule has 1 saturated heterocycles. The van der Waals surface area contributed by atoms with Gasteiger partial charge in [-0.15, -0.1) is 0 Å². The van der Waals surface area contributed by atoms with E-state index in [9.17, 15) is 9.59 Å². The fraction of sp³-hybridized carbons (Fsp3) is 0.467. The number of ether oxygens (including phenoxy) is 1. The van der Waals surface area contributed by atoms with E-state index in [1.54, 1.807) is 25.1 Å². The van der Waals surface area contributed by atoms with Gasteiger partial charge in [0.15, 0.2) is 0 Å². The van der Waals surface area contributed by atoms with Crippen molar-refractivity contribution in [3.63, 3.8) is 0 Å². The van der Waals surface area contributed by atoms with Crippen LogP contribution >= 0.6 is 11.6 Å². The van der Waals surface area contributed by atoms with Gasteiger partial charge in [0.1, 0.15) is 0 Å². The topological polar surface area (TPSA) is 75.6 Å². The zero-order chi connectivity index (χ0) is 15.4. The molecular formula is C15H18ClNO4. The minimum atomic E-state index is -1.01. The second-order valence-corrected chi connectivity index (χ2v) is 5.56. The largest absolute Gasteiger partial charge is 0.481 e. The molecule has 0 unspecified atom stereocenters. The first kappa shape index (κ1) is 15.8. The lowest BCUT2D eigenvalue weighted by molar-refractivity contribution is -0.142. The molecule has 2 rings (SSSR count). The van der Waals surface area contributed by atoms with E-state index in [0.29, 0.717) is 23.7 Å². The number of carbonyl (C=O) groups excluding carboxylic acids is 1. The highest BCUT2D eigenvalue weighted by atomic mass is 35.5. The summed E-state index contributed by atoms with van der Waals surface area (Å²) in [6, 6.07) is 5.22. The van der Waals surface area contributed by atoms with Crippen LogP contribution in [-0.2, 0) is 14.3 Å². The molecule has 0 radical (unpaired) electrons. The monoisotopic (exact) mass is 311 g/mol. The third kappa shape index (κ3) is 3.95. The molecule has 6 heteroatoms. The Balaban J connectivity index is 2.14. The Morgan fingerprint density at radius 3 is 2.90 bits per heavy atom. The number of hydrogen-bond donors (Lipinski definition) is 2. The molecule has 114 valence electrons. The van der Waals surface area contributed by atoms with Crippen LogP contribution in [0.15, 0.2) is 18.2 Å². The fourth-order valence-electron chi connectivity index (χ4n) is 2.47. The highest BCUT2D eigenvalue weighted by Gasteiger charge is 2.33. The van der Waals surface area contributed by atoms with Crippen molar-refractivity contribution in [2.45, 2.75) is 32.3 Å². The van der Waals surface area contributed by atoms with Crippen LogP contribution in [0.2, 0.25) is 5.02 Å². The van der Waals surface area contributed by atoms with Gasteiger partial charge in [-0.05, 0) is 37.5 Å². The van der Waals surface area contributed by atoms with Crippen LogP contribution in [0.5, 0.6) is 0 Å². The lowest BCUT2D eigenvalue weighted by Gasteiger charge is -2.21. The van der Waals surface area contributed by atoms with Crippen molar-refractivity contribution >= 4 is 29.2 Å². The summed E-state index contributed by atoms with van der Waals surface area (Å²) in [5, 5.41) is 12.3. The first-order valence-corrected chi connectivity index (χ1v) is 7.26. The number of benzene rings is 1. The van der Waals surface area contributed by atoms with Gasteiger partial charge >= 0.3 is 5.97 Å². The molecule has 21 heavy (non-hydrogen) atoms. The molecule has 5 nitrogen and oxygen atoms in total. The van der Waals surface area contributed by atoms with Crippen LogP contribution in [0.4, 0.5) is 5.69 Å². The number of anilines is 1. The van der Waals surface area contributed by atoms with Crippen LogP contribution in [0.1, 0.15) is 24.8 Å². The summed E-state index contributed by atoms with van der Waals surface area (Å²) in [5.74, 6) is -2.04. The van der Waals surface area contributed by atoms with Crippen molar-refractivity contribution in [2.75, 3.05) is 11.9 Å². The number of carbonyl (C=O) groups is 2. The normalized spacial score (nSPS) is 19.2. The Bertz CT molecular complexity index is 540. The van der Waals surface area contributed by atoms with E-state index >= 15 is 0 Å². The molecule has 1 fully saturated rings. The zero-order valence-electron chi connectivity index (χ0n) is 11.8. The Labute approximate surface area is 128 Å². The van der Waals surface area contributed by atoms with Gasteiger partial charge < -0.3 is 15.2 Å². The van der Waals surface area contributed by atoms with Gasteiger partial charge in [-0.3, -0.25) is 9.59 Å². The number of carboxylic acids is 1. The summed E-state index contributed by atoms with van der Waals surface area (Å²) in [4.78, 5) is 23.4. The molecule has 2 atom stereocenters. The molecule has 1 aromatic carbocycles. The Hall–Kier alpha value is -1.59. The molecule has 2 N–H and O–H groups in total. The van der Waals surface area contributed by atoms with Crippen LogP contribution in [0.3, 0.4) is 0 Å². The van der Waals surface area contributed by atoms with E-state index in [2.05, 4.69) is 5.32 Å². The maximum Gasteiger partial charge on any atom is 0.304 e. The first-order chi connectivity index (χ1) is 9.99. The van der Waals surface area contributed by atoms with Crippen molar-refractivity contribution in [3.05, 3.63) is 28.8 Å². The molecule has 0 aliphatic carbocycles. The molecule has 1 aromatic rings. The second kappa shape index (κ2) is 6.91. The highest BCUT2D eigenvalue weighted by Crippen LogP contribution is 2.27. The highest BCUT2D eigenvalue weighted by molar-refractivity contribution is 6.31. The van der Waals surface area contributed by atoms with Gasteiger partial charge in [0, 0.05) is 17.3 Å². The molecule has 0 saturated carbocycles. The summed E-state index contributed by atoms with van der Waals surface area (Å²) in [7, 11) is 0. The smallest absolute Gasteiger partial charge is 0.304 e. The first-order valence-electron chi connectivity index (χ1n) is 6.88. The van der Waals surface area contributed by atoms with Gasteiger partial charge in [-0.1, -0.05) is 17.7 Å². The van der Waals surface area contributed by atoms with Gasteiger partial charge in [-0.2, -0.15) is 0 Å². The average Bonchev–Trinajstić information content (AvgIpc) is 2.94. The number of hydrogen-bond acceptors (Lipinski definition) is 3. The molecule has 1 amide bonds. The standard InChI is InChI=1S/C15H18ClNO4/c1-9-11(16)4-2-5-12(9)17-15(20)10(8-14(18)19)13-6-3-7-21-13/h2,4-5,10,13H,3,6-8H2,1H3,(H,17,20)(H,18,19)/t10-,13-/m0/s1. The Kier molecular flexibility index (Phi) is 5.20. The minimum absolute atomic E-state index is 0.240. The Morgan fingerprint density at radius 1 is 1.52 bits per heavy atom. The molecule has 0 bridgehead atoms. The van der Waals surface area contributed by atoms with E-state index in [4.69, 9.17) is 21.4 Å². The molecule has 0 spiro atoms. The fourth-order valence-corrected chi connectivity index (χ4v) is 2.64. The van der Waals surface area contributed by atoms with Crippen LogP contribution in [0.25, 0.3) is 0 Å². The minimum Gasteiger partial charge on any atom is -0.481 e. The van der Waals surface area contributed by atoms with Crippen molar-refractivity contribution in [1.29, 1.82) is 0 Å². The van der Waals surface area contributed by atoms with E-state index < -0.39 is 11.9 Å². The van der Waals surface area contributed by atoms with Crippen molar-refractivity contribution in [3.8, 4) is 0 Å². The zero-order valence-corrected chi connectivity index (χ0v) is 12.5. The summed E-state index contributed by atoms with van der Waals surface area (Å²) in [5.41, 5.74) is 1.36. The number of rotatable bonds is 5. The van der Waals surface area contributed by atoms with Crippen LogP contribution < -0.4 is 5.32 Å². The number of aliphatic carboxylic acids is 1. The summed E-state index contributed by atoms with van der Waals surface area (Å²) in [6.07, 6.45) is 0.987. The second-order valence-electron chi connectivity index (χ2n) is 5.16. The van der Waals surface area contributed by atoms with Crippen LogP contribution in [-0.4, -0.2) is 29.7 Å². The number of nitrogens with one attached hydrogen (secondary N) is 1. The average molecular weight is 312 g/mol. The number of amides is 1. The number of carboxylic acid groups (broad SMARTS) is 1. The molecule has 1 aliphatic heterocycles. The molecular weight excluding hydrogens is 294 g/mol. The summed E-state index contributed by atoms with van der Waals surface area (Å²) >= 11 is 6.02. The van der Waals surface area contributed by atoms with E-state index in [-0.39, 0.29) is 18.4 Å². The van der Waals surface area contributed by atoms with E-state index in [0.717, 1.165) is 12.0 Å². The lowest BCUT2D eigenvalue weighted by Crippen LogP contribution is -2.34. The predicted octanol–water partition coefficient (Wildman–Crippen LogP) is 2.86. The van der Waals surface area contributed by atoms with Gasteiger partial charge in [0.25, 0.3) is 0 Å². The SMILES string of the molecule is Cc1c(Cl)cccc1NC(=O)[C@@H](CC(=O)O)[C@@H]1CCCO1. The van der Waals surface area contributed by atoms with Crippen molar-refractivity contribution in [1.82, 2.24) is 0 Å². The quantitative estimate of drug-likeness (QED) is 0.876. The maximum atomic E-state index is 12.4. The van der Waals surface area contributed by atoms with Crippen LogP contribution in [0, 0.1) is 12.8 Å².